The molecule has 0 unspecified atom stereocenters. The molecule has 1 aromatic carbocycles. The average Bonchev–Trinajstić information content (AvgIpc) is 2.12. The van der Waals surface area contributed by atoms with Gasteiger partial charge in [-0.15, -0.1) is 0 Å². The van der Waals surface area contributed by atoms with Gasteiger partial charge in [-0.1, -0.05) is 11.6 Å². The first-order chi connectivity index (χ1) is 6.18. The van der Waals surface area contributed by atoms with E-state index >= 15 is 0 Å². The van der Waals surface area contributed by atoms with Gasteiger partial charge in [0.1, 0.15) is 11.4 Å². The lowest BCUT2D eigenvalue weighted by molar-refractivity contribution is -0.126. The molecule has 0 fully saturated rings. The summed E-state index contributed by atoms with van der Waals surface area (Å²) >= 11 is 5.69. The predicted molar refractivity (Wildman–Crippen MR) is 46.2 cm³/mol. The number of ether oxygens (including phenoxy) is 1. The summed E-state index contributed by atoms with van der Waals surface area (Å²) in [6.45, 7) is -0.148. The van der Waals surface area contributed by atoms with Crippen LogP contribution < -0.4 is 9.80 Å². The number of halogens is 1. The fourth-order valence-electron chi connectivity index (χ4n) is 1.11. The molecule has 1 aliphatic rings. The van der Waals surface area contributed by atoms with E-state index in [0.717, 1.165) is 0 Å². The summed E-state index contributed by atoms with van der Waals surface area (Å²) < 4.78 is 5.05. The van der Waals surface area contributed by atoms with E-state index in [1.54, 1.807) is 12.1 Å². The second-order valence-electron chi connectivity index (χ2n) is 2.61. The Hall–Kier alpha value is -1.26. The summed E-state index contributed by atoms with van der Waals surface area (Å²) in [6.07, 6.45) is 0. The van der Waals surface area contributed by atoms with Crippen LogP contribution in [0.25, 0.3) is 0 Å². The van der Waals surface area contributed by atoms with E-state index in [4.69, 9.17) is 16.3 Å². The summed E-state index contributed by atoms with van der Waals surface area (Å²) in [6, 6.07) is 4.70. The van der Waals surface area contributed by atoms with Crippen molar-refractivity contribution in [2.24, 2.45) is 0 Å². The Morgan fingerprint density at radius 2 is 2.31 bits per heavy atom. The zero-order chi connectivity index (χ0) is 9.42. The number of hydrogen-bond acceptors (Lipinski definition) is 3. The van der Waals surface area contributed by atoms with Gasteiger partial charge in [-0.2, -0.15) is 5.06 Å². The topological polar surface area (TPSA) is 49.8 Å². The lowest BCUT2D eigenvalue weighted by Gasteiger charge is -2.23. The van der Waals surface area contributed by atoms with Gasteiger partial charge in [0.2, 0.25) is 0 Å². The minimum absolute atomic E-state index is 0.148. The van der Waals surface area contributed by atoms with Gasteiger partial charge in [0, 0.05) is 5.02 Å². The minimum atomic E-state index is -0.505. The number of amides is 1. The molecular weight excluding hydrogens is 194 g/mol. The third-order valence-corrected chi connectivity index (χ3v) is 1.97. The highest BCUT2D eigenvalue weighted by Crippen LogP contribution is 2.33. The van der Waals surface area contributed by atoms with E-state index < -0.39 is 5.91 Å². The molecular formula is C8H6ClNO3. The Bertz CT molecular complexity index is 366. The maximum atomic E-state index is 11.0. The first-order valence-electron chi connectivity index (χ1n) is 3.62. The molecule has 4 nitrogen and oxygen atoms in total. The van der Waals surface area contributed by atoms with Crippen LogP contribution in [0.4, 0.5) is 5.69 Å². The third kappa shape index (κ3) is 1.34. The van der Waals surface area contributed by atoms with Crippen molar-refractivity contribution in [3.05, 3.63) is 23.2 Å². The lowest BCUT2D eigenvalue weighted by atomic mass is 10.2. The summed E-state index contributed by atoms with van der Waals surface area (Å²) in [5.74, 6) is -0.0544. The van der Waals surface area contributed by atoms with Gasteiger partial charge in [-0.3, -0.25) is 10.0 Å². The lowest BCUT2D eigenvalue weighted by Crippen LogP contribution is -2.35. The van der Waals surface area contributed by atoms with Crippen molar-refractivity contribution in [3.63, 3.8) is 0 Å². The van der Waals surface area contributed by atoms with Gasteiger partial charge in [0.25, 0.3) is 5.91 Å². The van der Waals surface area contributed by atoms with Gasteiger partial charge in [-0.25, -0.2) is 0 Å². The summed E-state index contributed by atoms with van der Waals surface area (Å²) in [5.41, 5.74) is 0.281. The van der Waals surface area contributed by atoms with Gasteiger partial charge in [-0.05, 0) is 18.2 Å². The quantitative estimate of drug-likeness (QED) is 0.644. The monoisotopic (exact) mass is 199 g/mol. The molecule has 0 aliphatic carbocycles. The summed E-state index contributed by atoms with van der Waals surface area (Å²) in [5, 5.41) is 10.3. The molecule has 68 valence electrons. The number of benzene rings is 1. The Balaban J connectivity index is 2.51. The predicted octanol–water partition coefficient (Wildman–Crippen LogP) is 1.45. The second kappa shape index (κ2) is 2.90. The van der Waals surface area contributed by atoms with Crippen LogP contribution in [0.1, 0.15) is 0 Å². The van der Waals surface area contributed by atoms with Crippen molar-refractivity contribution >= 4 is 23.2 Å². The van der Waals surface area contributed by atoms with E-state index in [2.05, 4.69) is 0 Å². The number of hydroxylamine groups is 1. The van der Waals surface area contributed by atoms with Crippen LogP contribution >= 0.6 is 11.6 Å². The molecule has 1 aliphatic heterocycles. The standard InChI is InChI=1S/C8H6ClNO3/c9-5-1-2-7-6(3-5)10(12)8(11)4-13-7/h1-3,12H,4H2. The van der Waals surface area contributed by atoms with E-state index in [1.807, 2.05) is 0 Å². The van der Waals surface area contributed by atoms with Crippen LogP contribution in [0, 0.1) is 0 Å². The van der Waals surface area contributed by atoms with Crippen LogP contribution in [0.15, 0.2) is 18.2 Å². The van der Waals surface area contributed by atoms with E-state index in [0.29, 0.717) is 15.8 Å². The number of carbonyl (C=O) groups excluding carboxylic acids is 1. The molecule has 2 rings (SSSR count). The smallest absolute Gasteiger partial charge is 0.288 e. The molecule has 13 heavy (non-hydrogen) atoms. The second-order valence-corrected chi connectivity index (χ2v) is 3.04. The molecule has 0 aromatic heterocycles. The maximum Gasteiger partial charge on any atom is 0.288 e. The first-order valence-corrected chi connectivity index (χ1v) is 4.00. The Labute approximate surface area is 79.2 Å². The van der Waals surface area contributed by atoms with E-state index in [-0.39, 0.29) is 12.3 Å². The summed E-state index contributed by atoms with van der Waals surface area (Å²) in [7, 11) is 0. The zero-order valence-corrected chi connectivity index (χ0v) is 7.28. The highest BCUT2D eigenvalue weighted by atomic mass is 35.5. The average molecular weight is 200 g/mol. The Kier molecular flexibility index (Phi) is 1.86. The Morgan fingerprint density at radius 1 is 1.54 bits per heavy atom. The van der Waals surface area contributed by atoms with Gasteiger partial charge < -0.3 is 4.74 Å². The first kappa shape index (κ1) is 8.34. The highest BCUT2D eigenvalue weighted by molar-refractivity contribution is 6.31. The van der Waals surface area contributed by atoms with Crippen molar-refractivity contribution in [1.82, 2.24) is 0 Å². The molecule has 1 aromatic rings. The molecule has 0 saturated carbocycles. The van der Waals surface area contributed by atoms with Gasteiger partial charge in [0.15, 0.2) is 6.61 Å². The van der Waals surface area contributed by atoms with E-state index in [9.17, 15) is 10.0 Å². The fourth-order valence-corrected chi connectivity index (χ4v) is 1.28. The van der Waals surface area contributed by atoms with Crippen LogP contribution in [0.2, 0.25) is 5.02 Å². The number of anilines is 1. The molecule has 1 heterocycles. The summed E-state index contributed by atoms with van der Waals surface area (Å²) in [4.78, 5) is 11.0. The highest BCUT2D eigenvalue weighted by Gasteiger charge is 2.23. The van der Waals surface area contributed by atoms with Gasteiger partial charge in [0.05, 0.1) is 0 Å². The Morgan fingerprint density at radius 3 is 3.08 bits per heavy atom. The van der Waals surface area contributed by atoms with Crippen LogP contribution in [-0.4, -0.2) is 17.7 Å². The molecule has 0 radical (unpaired) electrons. The molecule has 5 heteroatoms. The molecule has 1 N–H and O–H groups in total. The van der Waals surface area contributed by atoms with Crippen molar-refractivity contribution in [1.29, 1.82) is 0 Å². The third-order valence-electron chi connectivity index (χ3n) is 1.74. The zero-order valence-electron chi connectivity index (χ0n) is 6.53. The largest absolute Gasteiger partial charge is 0.481 e. The van der Waals surface area contributed by atoms with Crippen molar-refractivity contribution in [2.75, 3.05) is 11.7 Å². The molecule has 1 amide bonds. The minimum Gasteiger partial charge on any atom is -0.481 e. The molecule has 0 atom stereocenters. The van der Waals surface area contributed by atoms with Crippen molar-refractivity contribution in [3.8, 4) is 5.75 Å². The number of carbonyl (C=O) groups is 1. The SMILES string of the molecule is O=C1COc2ccc(Cl)cc2N1O. The number of hydrogen-bond donors (Lipinski definition) is 1. The number of nitrogens with zero attached hydrogens (tertiary/aromatic N) is 1. The normalized spacial score (nSPS) is 15.2. The maximum absolute atomic E-state index is 11.0. The van der Waals surface area contributed by atoms with Crippen LogP contribution in [0.5, 0.6) is 5.75 Å². The molecule has 0 bridgehead atoms. The molecule has 0 saturated heterocycles. The van der Waals surface area contributed by atoms with Crippen molar-refractivity contribution in [2.45, 2.75) is 0 Å². The number of fused-ring (bicyclic) bond motifs is 1. The molecule has 0 spiro atoms. The number of rotatable bonds is 0. The van der Waals surface area contributed by atoms with E-state index in [1.165, 1.54) is 6.07 Å². The van der Waals surface area contributed by atoms with Gasteiger partial charge >= 0.3 is 0 Å². The van der Waals surface area contributed by atoms with Crippen LogP contribution in [0.3, 0.4) is 0 Å². The van der Waals surface area contributed by atoms with Crippen LogP contribution in [-0.2, 0) is 4.79 Å². The fraction of sp³-hybridized carbons (Fsp3) is 0.125. The van der Waals surface area contributed by atoms with Crippen molar-refractivity contribution < 1.29 is 14.7 Å².